The Morgan fingerprint density at radius 2 is 1.90 bits per heavy atom. The van der Waals surface area contributed by atoms with Crippen LogP contribution in [0, 0.1) is 11.3 Å². The van der Waals surface area contributed by atoms with E-state index in [9.17, 15) is 9.59 Å². The predicted molar refractivity (Wildman–Crippen MR) is 80.7 cm³/mol. The fourth-order valence-corrected chi connectivity index (χ4v) is 3.89. The minimum atomic E-state index is -0.764. The molecule has 0 aromatic rings. The first-order valence-electron chi connectivity index (χ1n) is 8.24. The number of likely N-dealkylation sites (tertiary alicyclic amines) is 1. The van der Waals surface area contributed by atoms with Gasteiger partial charge < -0.3 is 15.7 Å². The van der Waals surface area contributed by atoms with E-state index in [1.165, 1.54) is 19.3 Å². The number of amides is 1. The number of carboxylic acid groups (broad SMARTS) is 1. The van der Waals surface area contributed by atoms with Crippen LogP contribution in [-0.2, 0) is 9.59 Å². The number of nitrogens with two attached hydrogens (primary N) is 1. The van der Waals surface area contributed by atoms with Crippen LogP contribution in [0.4, 0.5) is 0 Å². The third-order valence-corrected chi connectivity index (χ3v) is 5.21. The largest absolute Gasteiger partial charge is 0.481 e. The van der Waals surface area contributed by atoms with Crippen LogP contribution in [0.25, 0.3) is 0 Å². The monoisotopic (exact) mass is 296 g/mol. The van der Waals surface area contributed by atoms with Crippen LogP contribution in [0.3, 0.4) is 0 Å². The topological polar surface area (TPSA) is 83.6 Å². The van der Waals surface area contributed by atoms with Gasteiger partial charge in [0, 0.05) is 25.9 Å². The molecule has 1 amide bonds. The highest BCUT2D eigenvalue weighted by atomic mass is 16.4. The number of carbonyl (C=O) groups excluding carboxylic acids is 1. The van der Waals surface area contributed by atoms with E-state index in [-0.39, 0.29) is 23.7 Å². The summed E-state index contributed by atoms with van der Waals surface area (Å²) in [5.41, 5.74) is 5.96. The van der Waals surface area contributed by atoms with E-state index in [1.807, 2.05) is 4.90 Å². The van der Waals surface area contributed by atoms with Gasteiger partial charge in [0.2, 0.25) is 5.91 Å². The molecule has 1 atom stereocenters. The van der Waals surface area contributed by atoms with Gasteiger partial charge in [-0.3, -0.25) is 9.59 Å². The predicted octanol–water partition coefficient (Wildman–Crippen LogP) is 2.00. The molecule has 5 nitrogen and oxygen atoms in total. The molecule has 2 aliphatic rings. The van der Waals surface area contributed by atoms with E-state index in [0.29, 0.717) is 19.5 Å². The van der Waals surface area contributed by atoms with Crippen LogP contribution in [0.1, 0.15) is 57.8 Å². The van der Waals surface area contributed by atoms with E-state index in [2.05, 4.69) is 0 Å². The molecule has 5 heteroatoms. The number of aliphatic carboxylic acids is 1. The molecule has 21 heavy (non-hydrogen) atoms. The minimum absolute atomic E-state index is 0.00489. The summed E-state index contributed by atoms with van der Waals surface area (Å²) in [6, 6.07) is 0. The molecule has 1 saturated carbocycles. The lowest BCUT2D eigenvalue weighted by Gasteiger charge is -2.39. The molecule has 1 aliphatic carbocycles. The number of hydrogen-bond donors (Lipinski definition) is 2. The summed E-state index contributed by atoms with van der Waals surface area (Å²) < 4.78 is 0. The maximum atomic E-state index is 12.6. The summed E-state index contributed by atoms with van der Waals surface area (Å²) in [5.74, 6) is -0.474. The highest BCUT2D eigenvalue weighted by Crippen LogP contribution is 2.39. The average Bonchev–Trinajstić information content (AvgIpc) is 2.48. The van der Waals surface area contributed by atoms with Crippen molar-refractivity contribution in [2.45, 2.75) is 57.8 Å². The van der Waals surface area contributed by atoms with Crippen molar-refractivity contribution < 1.29 is 14.7 Å². The zero-order valence-corrected chi connectivity index (χ0v) is 12.9. The summed E-state index contributed by atoms with van der Waals surface area (Å²) in [6.07, 6.45) is 8.26. The van der Waals surface area contributed by atoms with Crippen LogP contribution < -0.4 is 5.73 Å². The van der Waals surface area contributed by atoms with Crippen molar-refractivity contribution in [3.63, 3.8) is 0 Å². The first kappa shape index (κ1) is 16.3. The molecular formula is C16H28N2O3. The molecule has 1 aliphatic heterocycles. The Labute approximate surface area is 126 Å². The maximum Gasteiger partial charge on any atom is 0.303 e. The smallest absolute Gasteiger partial charge is 0.303 e. The fraction of sp³-hybridized carbons (Fsp3) is 0.875. The quantitative estimate of drug-likeness (QED) is 0.812. The van der Waals surface area contributed by atoms with Crippen molar-refractivity contribution in [2.75, 3.05) is 19.6 Å². The molecule has 0 bridgehead atoms. The summed E-state index contributed by atoms with van der Waals surface area (Å²) in [5, 5.41) is 8.91. The molecule has 2 rings (SSSR count). The molecule has 0 radical (unpaired) electrons. The van der Waals surface area contributed by atoms with Gasteiger partial charge in [-0.1, -0.05) is 19.3 Å². The maximum absolute atomic E-state index is 12.6. The zero-order valence-electron chi connectivity index (χ0n) is 12.9. The zero-order chi connectivity index (χ0) is 15.3. The number of carboxylic acids is 1. The summed E-state index contributed by atoms with van der Waals surface area (Å²) >= 11 is 0. The molecule has 3 N–H and O–H groups in total. The van der Waals surface area contributed by atoms with Gasteiger partial charge in [-0.2, -0.15) is 0 Å². The van der Waals surface area contributed by atoms with Crippen molar-refractivity contribution in [1.82, 2.24) is 4.90 Å². The van der Waals surface area contributed by atoms with Crippen LogP contribution in [-0.4, -0.2) is 41.5 Å². The first-order valence-corrected chi connectivity index (χ1v) is 8.24. The third-order valence-electron chi connectivity index (χ3n) is 5.21. The van der Waals surface area contributed by atoms with E-state index in [0.717, 1.165) is 32.2 Å². The van der Waals surface area contributed by atoms with Gasteiger partial charge >= 0.3 is 5.97 Å². The molecule has 2 fully saturated rings. The summed E-state index contributed by atoms with van der Waals surface area (Å²) in [6.45, 7) is 1.96. The summed E-state index contributed by atoms with van der Waals surface area (Å²) in [7, 11) is 0. The van der Waals surface area contributed by atoms with Gasteiger partial charge in [-0.15, -0.1) is 0 Å². The molecule has 1 heterocycles. The standard InChI is InChI=1S/C16H28N2O3/c17-12-16(6-2-1-3-7-16)10-14(19)18-8-4-5-13(11-18)9-15(20)21/h13H,1-12,17H2,(H,20,21). The number of carbonyl (C=O) groups is 2. The number of nitrogens with zero attached hydrogens (tertiary/aromatic N) is 1. The molecule has 120 valence electrons. The minimum Gasteiger partial charge on any atom is -0.481 e. The van der Waals surface area contributed by atoms with Crippen LogP contribution >= 0.6 is 0 Å². The second-order valence-corrected chi connectivity index (χ2v) is 6.89. The lowest BCUT2D eigenvalue weighted by atomic mass is 9.71. The van der Waals surface area contributed by atoms with Crippen LogP contribution in [0.2, 0.25) is 0 Å². The average molecular weight is 296 g/mol. The Morgan fingerprint density at radius 3 is 2.52 bits per heavy atom. The highest BCUT2D eigenvalue weighted by Gasteiger charge is 2.35. The van der Waals surface area contributed by atoms with E-state index in [1.54, 1.807) is 0 Å². The second-order valence-electron chi connectivity index (χ2n) is 6.89. The SMILES string of the molecule is NCC1(CC(=O)N2CCCC(CC(=O)O)C2)CCCCC1. The van der Waals surface area contributed by atoms with Crippen LogP contribution in [0.15, 0.2) is 0 Å². The van der Waals surface area contributed by atoms with Crippen molar-refractivity contribution in [3.05, 3.63) is 0 Å². The van der Waals surface area contributed by atoms with E-state index in [4.69, 9.17) is 10.8 Å². The van der Waals surface area contributed by atoms with Crippen LogP contribution in [0.5, 0.6) is 0 Å². The third kappa shape index (κ3) is 4.43. The molecule has 0 spiro atoms. The van der Waals surface area contributed by atoms with Crippen molar-refractivity contribution in [2.24, 2.45) is 17.1 Å². The second kappa shape index (κ2) is 7.25. The number of hydrogen-bond acceptors (Lipinski definition) is 3. The van der Waals surface area contributed by atoms with Gasteiger partial charge in [0.15, 0.2) is 0 Å². The lowest BCUT2D eigenvalue weighted by molar-refractivity contribution is -0.141. The molecule has 1 unspecified atom stereocenters. The Kier molecular flexibility index (Phi) is 5.62. The Hall–Kier alpha value is -1.10. The molecule has 0 aromatic heterocycles. The first-order chi connectivity index (χ1) is 10.0. The summed E-state index contributed by atoms with van der Waals surface area (Å²) in [4.78, 5) is 25.3. The van der Waals surface area contributed by atoms with Gasteiger partial charge in [0.1, 0.15) is 0 Å². The van der Waals surface area contributed by atoms with E-state index < -0.39 is 5.97 Å². The van der Waals surface area contributed by atoms with Gasteiger partial charge in [0.25, 0.3) is 0 Å². The lowest BCUT2D eigenvalue weighted by Crippen LogP contribution is -2.44. The normalized spacial score (nSPS) is 25.6. The Bertz CT molecular complexity index is 378. The molecular weight excluding hydrogens is 268 g/mol. The number of piperidine rings is 1. The van der Waals surface area contributed by atoms with Crippen molar-refractivity contribution in [1.29, 1.82) is 0 Å². The van der Waals surface area contributed by atoms with Gasteiger partial charge in [-0.25, -0.2) is 0 Å². The molecule has 1 saturated heterocycles. The van der Waals surface area contributed by atoms with Gasteiger partial charge in [0.05, 0.1) is 0 Å². The number of rotatable bonds is 5. The highest BCUT2D eigenvalue weighted by molar-refractivity contribution is 5.77. The molecule has 0 aromatic carbocycles. The van der Waals surface area contributed by atoms with Crippen molar-refractivity contribution >= 4 is 11.9 Å². The van der Waals surface area contributed by atoms with Crippen molar-refractivity contribution in [3.8, 4) is 0 Å². The van der Waals surface area contributed by atoms with Gasteiger partial charge in [-0.05, 0) is 43.6 Å². The Morgan fingerprint density at radius 1 is 1.19 bits per heavy atom. The fourth-order valence-electron chi connectivity index (χ4n) is 3.89. The van der Waals surface area contributed by atoms with E-state index >= 15 is 0 Å². The Balaban J connectivity index is 1.91.